The Morgan fingerprint density at radius 2 is 1.85 bits per heavy atom. The number of sulfonamides is 1. The highest BCUT2D eigenvalue weighted by Gasteiger charge is 2.13. The molecule has 2 aromatic rings. The fraction of sp³-hybridized carbons (Fsp3) is 0.214. The monoisotopic (exact) mass is 293 g/mol. The summed E-state index contributed by atoms with van der Waals surface area (Å²) in [4.78, 5) is 10.8. The van der Waals surface area contributed by atoms with Crippen molar-refractivity contribution in [2.24, 2.45) is 0 Å². The zero-order valence-electron chi connectivity index (χ0n) is 11.0. The van der Waals surface area contributed by atoms with Gasteiger partial charge in [-0.3, -0.25) is 4.79 Å². The molecule has 0 radical (unpaired) electrons. The quantitative estimate of drug-likeness (QED) is 0.830. The Morgan fingerprint density at radius 1 is 1.15 bits per heavy atom. The predicted octanol–water partition coefficient (Wildman–Crippen LogP) is 2.45. The number of carbonyl (C=O) groups excluding carboxylic acids is 1. The first-order chi connectivity index (χ1) is 9.56. The van der Waals surface area contributed by atoms with Crippen LogP contribution in [0.25, 0.3) is 11.3 Å². The molecule has 0 bridgehead atoms. The summed E-state index contributed by atoms with van der Waals surface area (Å²) in [5.74, 6) is 0.763. The van der Waals surface area contributed by atoms with E-state index >= 15 is 0 Å². The van der Waals surface area contributed by atoms with E-state index in [1.165, 1.54) is 12.1 Å². The second kappa shape index (κ2) is 6.02. The van der Waals surface area contributed by atoms with Crippen LogP contribution in [-0.2, 0) is 10.0 Å². The predicted molar refractivity (Wildman–Crippen MR) is 75.0 cm³/mol. The van der Waals surface area contributed by atoms with Crippen LogP contribution in [0.1, 0.15) is 23.9 Å². The van der Waals surface area contributed by atoms with Gasteiger partial charge < -0.3 is 4.42 Å². The van der Waals surface area contributed by atoms with Crippen LogP contribution in [0, 0.1) is 0 Å². The van der Waals surface area contributed by atoms with Crippen LogP contribution in [0.5, 0.6) is 0 Å². The van der Waals surface area contributed by atoms with E-state index in [9.17, 15) is 13.2 Å². The van der Waals surface area contributed by atoms with Crippen LogP contribution >= 0.6 is 0 Å². The molecule has 2 rings (SSSR count). The smallest absolute Gasteiger partial charge is 0.240 e. The lowest BCUT2D eigenvalue weighted by atomic mass is 10.2. The summed E-state index contributed by atoms with van der Waals surface area (Å²) in [6.07, 6.45) is 1.36. The van der Waals surface area contributed by atoms with E-state index in [1.807, 2.05) is 6.92 Å². The molecular formula is C14H15NO4S. The van der Waals surface area contributed by atoms with Gasteiger partial charge in [0.25, 0.3) is 0 Å². The topological polar surface area (TPSA) is 76.4 Å². The van der Waals surface area contributed by atoms with Crippen LogP contribution in [0.3, 0.4) is 0 Å². The third kappa shape index (κ3) is 3.15. The maximum atomic E-state index is 11.9. The highest BCUT2D eigenvalue weighted by Crippen LogP contribution is 2.23. The van der Waals surface area contributed by atoms with E-state index in [4.69, 9.17) is 4.42 Å². The molecule has 0 aliphatic rings. The van der Waals surface area contributed by atoms with Gasteiger partial charge in [-0.05, 0) is 42.8 Å². The normalized spacial score (nSPS) is 11.4. The fourth-order valence-electron chi connectivity index (χ4n) is 1.69. The molecule has 0 spiro atoms. The maximum absolute atomic E-state index is 11.9. The number of benzene rings is 1. The number of hydrogen-bond donors (Lipinski definition) is 1. The van der Waals surface area contributed by atoms with Crippen molar-refractivity contribution in [2.45, 2.75) is 18.2 Å². The van der Waals surface area contributed by atoms with Gasteiger partial charge in [0.15, 0.2) is 12.0 Å². The average molecular weight is 293 g/mol. The third-order valence-electron chi connectivity index (χ3n) is 2.73. The number of hydrogen-bond acceptors (Lipinski definition) is 4. The minimum atomic E-state index is -3.46. The average Bonchev–Trinajstić information content (AvgIpc) is 2.94. The van der Waals surface area contributed by atoms with Gasteiger partial charge in [0, 0.05) is 12.1 Å². The van der Waals surface area contributed by atoms with Gasteiger partial charge in [0.1, 0.15) is 5.76 Å². The Kier molecular flexibility index (Phi) is 4.36. The van der Waals surface area contributed by atoms with Crippen molar-refractivity contribution in [3.05, 3.63) is 42.2 Å². The molecule has 106 valence electrons. The highest BCUT2D eigenvalue weighted by atomic mass is 32.2. The minimum absolute atomic E-state index is 0.205. The summed E-state index contributed by atoms with van der Waals surface area (Å²) in [7, 11) is -3.46. The molecule has 5 nitrogen and oxygen atoms in total. The molecule has 0 amide bonds. The zero-order chi connectivity index (χ0) is 14.6. The van der Waals surface area contributed by atoms with Gasteiger partial charge in [0.05, 0.1) is 4.90 Å². The first-order valence-corrected chi connectivity index (χ1v) is 7.70. The van der Waals surface area contributed by atoms with Gasteiger partial charge in [-0.15, -0.1) is 0 Å². The zero-order valence-corrected chi connectivity index (χ0v) is 11.8. The Hall–Kier alpha value is -1.92. The Bertz CT molecular complexity index is 686. The SMILES string of the molecule is CCCNS(=O)(=O)c1ccc(-c2ccc(C=O)o2)cc1. The molecule has 0 fully saturated rings. The van der Waals surface area contributed by atoms with Crippen molar-refractivity contribution in [2.75, 3.05) is 6.54 Å². The van der Waals surface area contributed by atoms with E-state index in [1.54, 1.807) is 24.3 Å². The lowest BCUT2D eigenvalue weighted by Crippen LogP contribution is -2.24. The molecule has 0 saturated carbocycles. The molecular weight excluding hydrogens is 278 g/mol. The largest absolute Gasteiger partial charge is 0.453 e. The van der Waals surface area contributed by atoms with Crippen molar-refractivity contribution in [3.63, 3.8) is 0 Å². The van der Waals surface area contributed by atoms with E-state index in [0.717, 1.165) is 6.42 Å². The van der Waals surface area contributed by atoms with Crippen LogP contribution in [-0.4, -0.2) is 21.2 Å². The van der Waals surface area contributed by atoms with Crippen molar-refractivity contribution < 1.29 is 17.6 Å². The summed E-state index contributed by atoms with van der Waals surface area (Å²) < 4.78 is 31.6. The molecule has 1 aromatic heterocycles. The molecule has 6 heteroatoms. The van der Waals surface area contributed by atoms with E-state index in [0.29, 0.717) is 24.2 Å². The summed E-state index contributed by atoms with van der Waals surface area (Å²) in [5, 5.41) is 0. The van der Waals surface area contributed by atoms with E-state index < -0.39 is 10.0 Å². The molecule has 1 N–H and O–H groups in total. The molecule has 0 unspecified atom stereocenters. The first kappa shape index (κ1) is 14.5. The van der Waals surface area contributed by atoms with E-state index in [-0.39, 0.29) is 10.7 Å². The summed E-state index contributed by atoms with van der Waals surface area (Å²) >= 11 is 0. The number of rotatable bonds is 6. The molecule has 0 aliphatic heterocycles. The lowest BCUT2D eigenvalue weighted by molar-refractivity contribution is 0.110. The Labute approximate surface area is 117 Å². The molecule has 1 aromatic carbocycles. The number of furan rings is 1. The number of carbonyl (C=O) groups is 1. The van der Waals surface area contributed by atoms with Gasteiger partial charge in [0.2, 0.25) is 10.0 Å². The molecule has 20 heavy (non-hydrogen) atoms. The Balaban J connectivity index is 2.24. The van der Waals surface area contributed by atoms with Gasteiger partial charge >= 0.3 is 0 Å². The second-order valence-electron chi connectivity index (χ2n) is 4.24. The third-order valence-corrected chi connectivity index (χ3v) is 4.21. The van der Waals surface area contributed by atoms with Crippen molar-refractivity contribution in [1.82, 2.24) is 4.72 Å². The van der Waals surface area contributed by atoms with E-state index in [2.05, 4.69) is 4.72 Å². The van der Waals surface area contributed by atoms with Crippen LogP contribution in [0.2, 0.25) is 0 Å². The summed E-state index contributed by atoms with van der Waals surface area (Å²) in [5.41, 5.74) is 0.715. The lowest BCUT2D eigenvalue weighted by Gasteiger charge is -2.06. The molecule has 0 aliphatic carbocycles. The standard InChI is InChI=1S/C14H15NO4S/c1-2-9-15-20(17,18)13-6-3-11(4-7-13)14-8-5-12(10-16)19-14/h3-8,10,15H,2,9H2,1H3. The summed E-state index contributed by atoms with van der Waals surface area (Å²) in [6, 6.07) is 9.55. The molecule has 0 saturated heterocycles. The maximum Gasteiger partial charge on any atom is 0.240 e. The fourth-order valence-corrected chi connectivity index (χ4v) is 2.82. The van der Waals surface area contributed by atoms with Gasteiger partial charge in [-0.1, -0.05) is 6.92 Å². The molecule has 1 heterocycles. The van der Waals surface area contributed by atoms with Crippen LogP contribution in [0.4, 0.5) is 0 Å². The molecule has 0 atom stereocenters. The van der Waals surface area contributed by atoms with Crippen LogP contribution < -0.4 is 4.72 Å². The van der Waals surface area contributed by atoms with Crippen LogP contribution in [0.15, 0.2) is 45.7 Å². The minimum Gasteiger partial charge on any atom is -0.453 e. The second-order valence-corrected chi connectivity index (χ2v) is 6.01. The Morgan fingerprint density at radius 3 is 2.40 bits per heavy atom. The van der Waals surface area contributed by atoms with Crippen molar-refractivity contribution >= 4 is 16.3 Å². The summed E-state index contributed by atoms with van der Waals surface area (Å²) in [6.45, 7) is 2.30. The van der Waals surface area contributed by atoms with Gasteiger partial charge in [-0.25, -0.2) is 13.1 Å². The van der Waals surface area contributed by atoms with Crippen molar-refractivity contribution in [3.8, 4) is 11.3 Å². The number of aldehydes is 1. The van der Waals surface area contributed by atoms with Crippen molar-refractivity contribution in [1.29, 1.82) is 0 Å². The number of nitrogens with one attached hydrogen (secondary N) is 1. The highest BCUT2D eigenvalue weighted by molar-refractivity contribution is 7.89. The van der Waals surface area contributed by atoms with Gasteiger partial charge in [-0.2, -0.15) is 0 Å². The first-order valence-electron chi connectivity index (χ1n) is 6.22.